The molecule has 0 aromatic heterocycles. The zero-order valence-electron chi connectivity index (χ0n) is 24.8. The number of nitrogens with zero attached hydrogens (tertiary/aromatic N) is 2. The van der Waals surface area contributed by atoms with Crippen molar-refractivity contribution in [2.45, 2.75) is 37.8 Å². The van der Waals surface area contributed by atoms with Gasteiger partial charge in [-0.3, -0.25) is 9.59 Å². The maximum atomic E-state index is 14.0. The van der Waals surface area contributed by atoms with Gasteiger partial charge in [-0.15, -0.1) is 6.58 Å². The Labute approximate surface area is 261 Å². The molecule has 232 valence electrons. The Morgan fingerprint density at radius 3 is 1.69 bits per heavy atom. The van der Waals surface area contributed by atoms with E-state index in [1.54, 1.807) is 30.4 Å². The second kappa shape index (κ2) is 14.6. The Kier molecular flexibility index (Phi) is 10.2. The van der Waals surface area contributed by atoms with E-state index >= 15 is 0 Å². The molecule has 0 bridgehead atoms. The smallest absolute Gasteiger partial charge is 0.417 e. The lowest BCUT2D eigenvalue weighted by Gasteiger charge is -2.25. The van der Waals surface area contributed by atoms with Crippen LogP contribution in [0.5, 0.6) is 0 Å². The first-order valence-electron chi connectivity index (χ1n) is 14.9. The predicted molar refractivity (Wildman–Crippen MR) is 165 cm³/mol. The summed E-state index contributed by atoms with van der Waals surface area (Å²) in [7, 11) is 0. The molecule has 8 nitrogen and oxygen atoms in total. The van der Waals surface area contributed by atoms with Crippen LogP contribution in [0.2, 0.25) is 0 Å². The van der Waals surface area contributed by atoms with Crippen LogP contribution in [0.4, 0.5) is 14.0 Å². The number of imide groups is 2. The van der Waals surface area contributed by atoms with Crippen molar-refractivity contribution >= 4 is 24.0 Å². The molecule has 0 radical (unpaired) electrons. The van der Waals surface area contributed by atoms with Crippen LogP contribution >= 0.6 is 0 Å². The van der Waals surface area contributed by atoms with Gasteiger partial charge in [-0.2, -0.15) is 0 Å². The average Bonchev–Trinajstić information content (AvgIpc) is 3.60. The number of halogens is 1. The maximum absolute atomic E-state index is 14.0. The van der Waals surface area contributed by atoms with Gasteiger partial charge in [0.1, 0.15) is 19.0 Å². The van der Waals surface area contributed by atoms with Crippen LogP contribution in [0.25, 0.3) is 0 Å². The van der Waals surface area contributed by atoms with Gasteiger partial charge in [0, 0.05) is 0 Å². The molecule has 45 heavy (non-hydrogen) atoms. The highest BCUT2D eigenvalue weighted by atomic mass is 19.1. The maximum Gasteiger partial charge on any atom is 0.417 e. The number of carbonyl (C=O) groups is 4. The first kappa shape index (κ1) is 31.4. The number of hydrogen-bond donors (Lipinski definition) is 0. The minimum Gasteiger partial charge on any atom is -0.447 e. The number of rotatable bonds is 12. The predicted octanol–water partition coefficient (Wildman–Crippen LogP) is 5.91. The third-order valence-electron chi connectivity index (χ3n) is 8.02. The minimum absolute atomic E-state index is 0.0594. The number of ether oxygens (including phenoxy) is 2. The van der Waals surface area contributed by atoms with Crippen molar-refractivity contribution in [2.24, 2.45) is 11.8 Å². The SMILES string of the molecule is C=CC[C@@H](/C=C/[C@H](Cc1ccc(F)cc1)C(=O)N1C(=O)OC[C@@H]1Cc1ccccc1)C(=O)N1C(=O)OC[C@@H]1Cc1ccccc1. The number of allylic oxidation sites excluding steroid dienone is 1. The zero-order valence-corrected chi connectivity index (χ0v) is 24.8. The van der Waals surface area contributed by atoms with Crippen LogP contribution in [0.15, 0.2) is 110 Å². The molecule has 2 aliphatic rings. The van der Waals surface area contributed by atoms with Crippen LogP contribution in [-0.4, -0.2) is 59.1 Å². The molecule has 0 spiro atoms. The fourth-order valence-electron chi connectivity index (χ4n) is 5.71. The summed E-state index contributed by atoms with van der Waals surface area (Å²) < 4.78 is 24.2. The second-order valence-electron chi connectivity index (χ2n) is 11.2. The van der Waals surface area contributed by atoms with Crippen LogP contribution < -0.4 is 0 Å². The van der Waals surface area contributed by atoms with Crippen molar-refractivity contribution in [3.63, 3.8) is 0 Å². The average molecular weight is 611 g/mol. The quantitative estimate of drug-likeness (QED) is 0.237. The standard InChI is InChI=1S/C36H35FN2O6/c1-2-9-28(33(40)38-31(23-44-35(38)42)21-25-10-5-3-6-11-25)16-17-29(20-27-14-18-30(37)19-15-27)34(41)39-32(24-45-36(39)43)22-26-12-7-4-8-13-26/h2-8,10-19,28-29,31-32H,1,9,20-24H2/b17-16+/t28-,29+,31-,32-/m0/s1. The molecule has 5 rings (SSSR count). The fraction of sp³-hybridized carbons (Fsp3) is 0.278. The van der Waals surface area contributed by atoms with E-state index < -0.39 is 53.7 Å². The van der Waals surface area contributed by atoms with Gasteiger partial charge in [-0.05, 0) is 54.5 Å². The summed E-state index contributed by atoms with van der Waals surface area (Å²) in [5.74, 6) is -3.08. The molecule has 9 heteroatoms. The summed E-state index contributed by atoms with van der Waals surface area (Å²) in [5, 5.41) is 0. The zero-order chi connectivity index (χ0) is 31.8. The Hall–Kier alpha value is -5.05. The third kappa shape index (κ3) is 7.73. The van der Waals surface area contributed by atoms with Crippen LogP contribution in [0, 0.1) is 17.7 Å². The van der Waals surface area contributed by atoms with Crippen molar-refractivity contribution in [2.75, 3.05) is 13.2 Å². The number of hydrogen-bond acceptors (Lipinski definition) is 6. The van der Waals surface area contributed by atoms with E-state index in [4.69, 9.17) is 9.47 Å². The highest BCUT2D eigenvalue weighted by Crippen LogP contribution is 2.26. The van der Waals surface area contributed by atoms with E-state index in [0.29, 0.717) is 18.4 Å². The highest BCUT2D eigenvalue weighted by Gasteiger charge is 2.42. The summed E-state index contributed by atoms with van der Waals surface area (Å²) in [6.45, 7) is 3.92. The normalized spacial score (nSPS) is 19.3. The van der Waals surface area contributed by atoms with Gasteiger partial charge in [0.15, 0.2) is 0 Å². The first-order valence-corrected chi connectivity index (χ1v) is 14.9. The summed E-state index contributed by atoms with van der Waals surface area (Å²) >= 11 is 0. The highest BCUT2D eigenvalue weighted by molar-refractivity contribution is 5.97. The van der Waals surface area contributed by atoms with Crippen molar-refractivity contribution in [3.05, 3.63) is 132 Å². The topological polar surface area (TPSA) is 93.2 Å². The van der Waals surface area contributed by atoms with Crippen molar-refractivity contribution < 1.29 is 33.0 Å². The minimum atomic E-state index is -0.884. The molecule has 3 aromatic rings. The molecule has 2 aliphatic heterocycles. The molecular formula is C36H35FN2O6. The summed E-state index contributed by atoms with van der Waals surface area (Å²) in [4.78, 5) is 55.7. The fourth-order valence-corrected chi connectivity index (χ4v) is 5.71. The number of cyclic esters (lactones) is 2. The number of amides is 4. The van der Waals surface area contributed by atoms with Gasteiger partial charge < -0.3 is 9.47 Å². The lowest BCUT2D eigenvalue weighted by Crippen LogP contribution is -2.44. The van der Waals surface area contributed by atoms with E-state index in [9.17, 15) is 23.6 Å². The Morgan fingerprint density at radius 1 is 0.733 bits per heavy atom. The van der Waals surface area contributed by atoms with Gasteiger partial charge in [-0.25, -0.2) is 23.8 Å². The van der Waals surface area contributed by atoms with E-state index in [1.165, 1.54) is 12.1 Å². The number of carbonyl (C=O) groups excluding carboxylic acids is 4. The van der Waals surface area contributed by atoms with Gasteiger partial charge in [-0.1, -0.05) is 91.0 Å². The van der Waals surface area contributed by atoms with E-state index in [1.807, 2.05) is 60.7 Å². The molecule has 2 saturated heterocycles. The third-order valence-corrected chi connectivity index (χ3v) is 8.02. The van der Waals surface area contributed by atoms with Crippen molar-refractivity contribution in [3.8, 4) is 0 Å². The van der Waals surface area contributed by atoms with Gasteiger partial charge in [0.05, 0.1) is 23.9 Å². The molecular weight excluding hydrogens is 575 g/mol. The molecule has 0 aliphatic carbocycles. The lowest BCUT2D eigenvalue weighted by molar-refractivity contribution is -0.133. The first-order chi connectivity index (χ1) is 21.8. The van der Waals surface area contributed by atoms with Crippen molar-refractivity contribution in [1.82, 2.24) is 9.80 Å². The molecule has 0 N–H and O–H groups in total. The van der Waals surface area contributed by atoms with Gasteiger partial charge >= 0.3 is 12.2 Å². The molecule has 0 saturated carbocycles. The van der Waals surface area contributed by atoms with E-state index in [0.717, 1.165) is 20.9 Å². The van der Waals surface area contributed by atoms with Crippen molar-refractivity contribution in [1.29, 1.82) is 0 Å². The monoisotopic (exact) mass is 610 g/mol. The molecule has 3 aromatic carbocycles. The van der Waals surface area contributed by atoms with Gasteiger partial charge in [0.2, 0.25) is 11.8 Å². The molecule has 4 amide bonds. The van der Waals surface area contributed by atoms with E-state index in [-0.39, 0.29) is 26.1 Å². The summed E-state index contributed by atoms with van der Waals surface area (Å²) in [6, 6.07) is 23.8. The molecule has 2 fully saturated rings. The van der Waals surface area contributed by atoms with Crippen LogP contribution in [0.3, 0.4) is 0 Å². The lowest BCUT2D eigenvalue weighted by atomic mass is 9.93. The van der Waals surface area contributed by atoms with Gasteiger partial charge in [0.25, 0.3) is 0 Å². The number of benzene rings is 3. The Morgan fingerprint density at radius 2 is 1.20 bits per heavy atom. The van der Waals surface area contributed by atoms with E-state index in [2.05, 4.69) is 6.58 Å². The summed E-state index contributed by atoms with van der Waals surface area (Å²) in [5.41, 5.74) is 2.58. The molecule has 2 heterocycles. The van der Waals surface area contributed by atoms with Crippen LogP contribution in [0.1, 0.15) is 23.1 Å². The molecule has 0 unspecified atom stereocenters. The molecule has 4 atom stereocenters. The largest absolute Gasteiger partial charge is 0.447 e. The Bertz CT molecular complexity index is 1540. The Balaban J connectivity index is 1.40. The summed E-state index contributed by atoms with van der Waals surface area (Å²) in [6.07, 6.45) is 4.52. The van der Waals surface area contributed by atoms with Crippen LogP contribution in [-0.2, 0) is 38.3 Å². The second-order valence-corrected chi connectivity index (χ2v) is 11.2.